The average Bonchev–Trinajstić information content (AvgIpc) is 3.05. The van der Waals surface area contributed by atoms with Crippen LogP contribution in [0.5, 0.6) is 0 Å². The summed E-state index contributed by atoms with van der Waals surface area (Å²) < 4.78 is 29.6. The molecule has 0 amide bonds. The van der Waals surface area contributed by atoms with Gasteiger partial charge in [0.05, 0.1) is 4.90 Å². The Hall–Kier alpha value is -4.73. The van der Waals surface area contributed by atoms with Crippen molar-refractivity contribution in [3.05, 3.63) is 173 Å². The van der Waals surface area contributed by atoms with Crippen molar-refractivity contribution in [3.63, 3.8) is 0 Å². The summed E-state index contributed by atoms with van der Waals surface area (Å²) in [4.78, 5) is 23.7. The van der Waals surface area contributed by atoms with Gasteiger partial charge in [0.2, 0.25) is 0 Å². The van der Waals surface area contributed by atoms with Crippen molar-refractivity contribution >= 4 is 21.7 Å². The molecule has 0 spiro atoms. The van der Waals surface area contributed by atoms with Gasteiger partial charge in [-0.15, -0.1) is 0 Å². The van der Waals surface area contributed by atoms with Crippen LogP contribution in [0.25, 0.3) is 0 Å². The summed E-state index contributed by atoms with van der Waals surface area (Å²) in [7, 11) is -4.02. The third-order valence-electron chi connectivity index (χ3n) is 6.16. The Labute approximate surface area is 251 Å². The monoisotopic (exact) mass is 596 g/mol. The van der Waals surface area contributed by atoms with Crippen molar-refractivity contribution in [1.82, 2.24) is 0 Å². The van der Waals surface area contributed by atoms with Gasteiger partial charge in [0.15, 0.2) is 11.6 Å². The van der Waals surface area contributed by atoms with Gasteiger partial charge in [0.1, 0.15) is 12.2 Å². The summed E-state index contributed by atoms with van der Waals surface area (Å²) in [6, 6.07) is 41.5. The minimum Gasteiger partial charge on any atom is -0.380 e. The number of hydrogen-bond donors (Lipinski definition) is 3. The predicted octanol–water partition coefficient (Wildman–Crippen LogP) is 6.45. The molecule has 220 valence electrons. The SMILES string of the molecule is Cc1ccc(S(=O)(=O)O)cc1.O=C(c1ccccc1)C(O)c1ccccc1.O=C(c1ccccc1)C(O)c1ccccc1. The number of carbonyl (C=O) groups is 2. The molecule has 43 heavy (non-hydrogen) atoms. The lowest BCUT2D eigenvalue weighted by atomic mass is 10.0. The third-order valence-corrected chi connectivity index (χ3v) is 7.03. The molecule has 5 aromatic carbocycles. The maximum Gasteiger partial charge on any atom is 0.294 e. The van der Waals surface area contributed by atoms with Gasteiger partial charge in [0.25, 0.3) is 10.1 Å². The Morgan fingerprint density at radius 3 is 1.12 bits per heavy atom. The van der Waals surface area contributed by atoms with Crippen LogP contribution >= 0.6 is 0 Å². The first kappa shape index (κ1) is 32.8. The van der Waals surface area contributed by atoms with Crippen LogP contribution in [0.15, 0.2) is 150 Å². The van der Waals surface area contributed by atoms with Crippen molar-refractivity contribution in [2.45, 2.75) is 24.0 Å². The highest BCUT2D eigenvalue weighted by atomic mass is 32.2. The van der Waals surface area contributed by atoms with E-state index in [1.165, 1.54) is 12.1 Å². The molecule has 5 rings (SSSR count). The van der Waals surface area contributed by atoms with E-state index in [9.17, 15) is 28.2 Å². The third kappa shape index (κ3) is 10.2. The zero-order valence-electron chi connectivity index (χ0n) is 23.4. The summed E-state index contributed by atoms with van der Waals surface area (Å²) in [6.45, 7) is 1.84. The molecule has 3 N–H and O–H groups in total. The molecule has 0 fully saturated rings. The number of benzene rings is 5. The number of aliphatic hydroxyl groups is 2. The van der Waals surface area contributed by atoms with E-state index in [0.29, 0.717) is 22.3 Å². The number of rotatable bonds is 7. The summed E-state index contributed by atoms with van der Waals surface area (Å²) in [5.74, 6) is -0.543. The fourth-order valence-electron chi connectivity index (χ4n) is 3.80. The van der Waals surface area contributed by atoms with Crippen molar-refractivity contribution < 1.29 is 32.8 Å². The molecule has 0 aliphatic carbocycles. The van der Waals surface area contributed by atoms with E-state index in [4.69, 9.17) is 4.55 Å². The largest absolute Gasteiger partial charge is 0.380 e. The van der Waals surface area contributed by atoms with Gasteiger partial charge in [-0.3, -0.25) is 14.1 Å². The molecule has 0 saturated heterocycles. The van der Waals surface area contributed by atoms with Gasteiger partial charge < -0.3 is 10.2 Å². The Bertz CT molecular complexity index is 1580. The molecule has 0 aliphatic heterocycles. The van der Waals surface area contributed by atoms with Crippen molar-refractivity contribution in [1.29, 1.82) is 0 Å². The number of aliphatic hydroxyl groups excluding tert-OH is 2. The maximum absolute atomic E-state index is 11.9. The van der Waals surface area contributed by atoms with E-state index in [1.807, 2.05) is 31.2 Å². The van der Waals surface area contributed by atoms with Crippen LogP contribution < -0.4 is 0 Å². The molecule has 0 radical (unpaired) electrons. The molecule has 7 nitrogen and oxygen atoms in total. The van der Waals surface area contributed by atoms with Gasteiger partial charge in [-0.1, -0.05) is 139 Å². The zero-order chi connectivity index (χ0) is 31.2. The minimum absolute atomic E-state index is 0.0666. The van der Waals surface area contributed by atoms with E-state index >= 15 is 0 Å². The molecule has 2 unspecified atom stereocenters. The lowest BCUT2D eigenvalue weighted by Gasteiger charge is -2.09. The average molecular weight is 597 g/mol. The van der Waals surface area contributed by atoms with Crippen LogP contribution in [0, 0.1) is 6.92 Å². The van der Waals surface area contributed by atoms with Gasteiger partial charge in [-0.2, -0.15) is 8.42 Å². The van der Waals surface area contributed by atoms with E-state index < -0.39 is 22.3 Å². The molecule has 0 heterocycles. The zero-order valence-corrected chi connectivity index (χ0v) is 24.2. The van der Waals surface area contributed by atoms with Crippen LogP contribution in [-0.2, 0) is 10.1 Å². The highest BCUT2D eigenvalue weighted by Crippen LogP contribution is 2.19. The second-order valence-corrected chi connectivity index (χ2v) is 10.8. The normalized spacial score (nSPS) is 11.9. The van der Waals surface area contributed by atoms with Crippen LogP contribution in [0.3, 0.4) is 0 Å². The first-order chi connectivity index (χ1) is 20.6. The van der Waals surface area contributed by atoms with Crippen LogP contribution in [0.2, 0.25) is 0 Å². The van der Waals surface area contributed by atoms with E-state index in [0.717, 1.165) is 5.56 Å². The quantitative estimate of drug-likeness (QED) is 0.146. The number of carbonyl (C=O) groups excluding carboxylic acids is 2. The Kier molecular flexibility index (Phi) is 12.2. The van der Waals surface area contributed by atoms with Crippen molar-refractivity contribution in [3.8, 4) is 0 Å². The molecule has 0 aliphatic rings. The maximum atomic E-state index is 11.9. The van der Waals surface area contributed by atoms with Crippen LogP contribution in [0.1, 0.15) is 49.6 Å². The van der Waals surface area contributed by atoms with Gasteiger partial charge in [0, 0.05) is 11.1 Å². The number of aryl methyl sites for hydroxylation is 1. The number of hydrogen-bond acceptors (Lipinski definition) is 6. The lowest BCUT2D eigenvalue weighted by molar-refractivity contribution is 0.0743. The highest BCUT2D eigenvalue weighted by Gasteiger charge is 2.19. The van der Waals surface area contributed by atoms with Crippen molar-refractivity contribution in [2.75, 3.05) is 0 Å². The Morgan fingerprint density at radius 2 is 0.814 bits per heavy atom. The second kappa shape index (κ2) is 16.1. The highest BCUT2D eigenvalue weighted by molar-refractivity contribution is 7.85. The van der Waals surface area contributed by atoms with Gasteiger partial charge >= 0.3 is 0 Å². The molecule has 8 heteroatoms. The number of ketones is 2. The standard InChI is InChI=1S/2C14H12O2.C7H8O3S/c2*15-13(11-7-3-1-4-8-11)14(16)12-9-5-2-6-10-12;1-6-2-4-7(5-3-6)11(8,9)10/h2*1-10,13,15H;2-5H,1H3,(H,8,9,10). The molecule has 0 saturated carbocycles. The van der Waals surface area contributed by atoms with E-state index in [-0.39, 0.29) is 16.5 Å². The van der Waals surface area contributed by atoms with Gasteiger partial charge in [-0.05, 0) is 30.2 Å². The minimum atomic E-state index is -4.02. The topological polar surface area (TPSA) is 129 Å². The Morgan fingerprint density at radius 1 is 0.512 bits per heavy atom. The second-order valence-electron chi connectivity index (χ2n) is 9.38. The molecule has 0 aromatic heterocycles. The summed E-state index contributed by atoms with van der Waals surface area (Å²) >= 11 is 0. The smallest absolute Gasteiger partial charge is 0.294 e. The molecule has 2 atom stereocenters. The first-order valence-electron chi connectivity index (χ1n) is 13.3. The first-order valence-corrected chi connectivity index (χ1v) is 14.7. The van der Waals surface area contributed by atoms with Crippen LogP contribution in [0.4, 0.5) is 0 Å². The summed E-state index contributed by atoms with van der Waals surface area (Å²) in [5.41, 5.74) is 3.25. The lowest BCUT2D eigenvalue weighted by Crippen LogP contribution is -2.11. The fourth-order valence-corrected chi connectivity index (χ4v) is 4.28. The predicted molar refractivity (Wildman–Crippen MR) is 165 cm³/mol. The van der Waals surface area contributed by atoms with E-state index in [2.05, 4.69) is 0 Å². The summed E-state index contributed by atoms with van der Waals surface area (Å²) in [6.07, 6.45) is -2.16. The Balaban J connectivity index is 0.000000180. The molecule has 0 bridgehead atoms. The fraction of sp³-hybridized carbons (Fsp3) is 0.0857. The summed E-state index contributed by atoms with van der Waals surface area (Å²) in [5, 5.41) is 19.8. The molecular formula is C35H32O7S. The molecule has 5 aromatic rings. The van der Waals surface area contributed by atoms with Crippen molar-refractivity contribution in [2.24, 2.45) is 0 Å². The van der Waals surface area contributed by atoms with Crippen LogP contribution in [-0.4, -0.2) is 34.8 Å². The van der Waals surface area contributed by atoms with Gasteiger partial charge in [-0.25, -0.2) is 0 Å². The van der Waals surface area contributed by atoms with E-state index in [1.54, 1.807) is 109 Å². The number of Topliss-reactive ketones (excluding diaryl/α,β-unsaturated/α-hetero) is 2. The molecular weight excluding hydrogens is 564 g/mol.